The second-order valence-corrected chi connectivity index (χ2v) is 11.0. The highest BCUT2D eigenvalue weighted by molar-refractivity contribution is 7.26. The Balaban J connectivity index is 1.29. The maximum Gasteiger partial charge on any atom is 0.168 e. The van der Waals surface area contributed by atoms with Crippen LogP contribution in [-0.2, 0) is 0 Å². The van der Waals surface area contributed by atoms with Crippen LogP contribution in [0, 0.1) is 0 Å². The van der Waals surface area contributed by atoms with Gasteiger partial charge >= 0.3 is 0 Å². The average Bonchev–Trinajstić information content (AvgIpc) is 3.64. The van der Waals surface area contributed by atoms with E-state index in [4.69, 9.17) is 10.2 Å². The molecule has 0 aliphatic carbocycles. The fraction of sp³-hybridized carbons (Fsp3) is 0. The molecule has 0 atom stereocenters. The molecule has 0 bridgehead atoms. The van der Waals surface area contributed by atoms with Gasteiger partial charge in [0.2, 0.25) is 0 Å². The van der Waals surface area contributed by atoms with Crippen molar-refractivity contribution in [3.63, 3.8) is 0 Å². The lowest BCUT2D eigenvalue weighted by molar-refractivity contribution is 1.08. The van der Waals surface area contributed by atoms with E-state index in [0.29, 0.717) is 0 Å². The molecular weight excluding hydrogens is 506 g/mol. The minimum Gasteiger partial charge on any atom is -0.274 e. The SMILES string of the molecule is c1ccc(-c2nnc(-c3ccc(-c4cccc5c4sc4ccccc45)cc3)n2-c2cccc3ccccc23)cc1. The molecular formula is C36H23N3S. The molecule has 0 saturated carbocycles. The molecule has 2 aromatic heterocycles. The van der Waals surface area contributed by atoms with Crippen molar-refractivity contribution in [2.45, 2.75) is 0 Å². The van der Waals surface area contributed by atoms with E-state index >= 15 is 0 Å². The number of nitrogens with zero attached hydrogens (tertiary/aromatic N) is 3. The van der Waals surface area contributed by atoms with Crippen LogP contribution in [0.1, 0.15) is 0 Å². The second-order valence-electron chi connectivity index (χ2n) is 9.90. The van der Waals surface area contributed by atoms with Gasteiger partial charge in [-0.2, -0.15) is 0 Å². The van der Waals surface area contributed by atoms with E-state index in [1.165, 1.54) is 36.7 Å². The van der Waals surface area contributed by atoms with Gasteiger partial charge < -0.3 is 0 Å². The summed E-state index contributed by atoms with van der Waals surface area (Å²) in [6.07, 6.45) is 0. The predicted molar refractivity (Wildman–Crippen MR) is 168 cm³/mol. The summed E-state index contributed by atoms with van der Waals surface area (Å²) in [6.45, 7) is 0. The number of fused-ring (bicyclic) bond motifs is 4. The quantitative estimate of drug-likeness (QED) is 0.227. The summed E-state index contributed by atoms with van der Waals surface area (Å²) in [6, 6.07) is 49.2. The molecule has 40 heavy (non-hydrogen) atoms. The van der Waals surface area contributed by atoms with Gasteiger partial charge in [0.1, 0.15) is 0 Å². The molecule has 8 rings (SSSR count). The van der Waals surface area contributed by atoms with Gasteiger partial charge in [-0.3, -0.25) is 4.57 Å². The van der Waals surface area contributed by atoms with Gasteiger partial charge in [-0.25, -0.2) is 0 Å². The summed E-state index contributed by atoms with van der Waals surface area (Å²) in [4.78, 5) is 0. The van der Waals surface area contributed by atoms with Gasteiger partial charge in [0, 0.05) is 36.7 Å². The largest absolute Gasteiger partial charge is 0.274 e. The molecule has 0 fully saturated rings. The normalized spacial score (nSPS) is 11.5. The summed E-state index contributed by atoms with van der Waals surface area (Å²) < 4.78 is 4.83. The van der Waals surface area contributed by atoms with Crippen LogP contribution in [0.25, 0.3) is 70.5 Å². The van der Waals surface area contributed by atoms with Crippen molar-refractivity contribution < 1.29 is 0 Å². The lowest BCUT2D eigenvalue weighted by atomic mass is 10.0. The third-order valence-corrected chi connectivity index (χ3v) is 8.78. The molecule has 0 amide bonds. The molecule has 8 aromatic rings. The second kappa shape index (κ2) is 9.30. The minimum atomic E-state index is 0.821. The fourth-order valence-electron chi connectivity index (χ4n) is 5.65. The first kappa shape index (κ1) is 22.9. The van der Waals surface area contributed by atoms with Crippen LogP contribution in [0.2, 0.25) is 0 Å². The zero-order chi connectivity index (χ0) is 26.5. The first-order valence-corrected chi connectivity index (χ1v) is 14.2. The molecule has 3 nitrogen and oxygen atoms in total. The highest BCUT2D eigenvalue weighted by Crippen LogP contribution is 2.40. The van der Waals surface area contributed by atoms with E-state index < -0.39 is 0 Å². The van der Waals surface area contributed by atoms with Crippen molar-refractivity contribution in [2.75, 3.05) is 0 Å². The Morgan fingerprint density at radius 1 is 0.450 bits per heavy atom. The van der Waals surface area contributed by atoms with Crippen LogP contribution in [-0.4, -0.2) is 14.8 Å². The van der Waals surface area contributed by atoms with E-state index in [9.17, 15) is 0 Å². The van der Waals surface area contributed by atoms with Crippen LogP contribution in [0.5, 0.6) is 0 Å². The first-order valence-electron chi connectivity index (χ1n) is 13.4. The van der Waals surface area contributed by atoms with E-state index in [1.54, 1.807) is 0 Å². The lowest BCUT2D eigenvalue weighted by Gasteiger charge is -2.14. The standard InChI is InChI=1S/C36H23N3S/c1-2-11-26(12-3-1)35-37-38-36(39(35)32-18-8-13-24-10-4-5-14-28(24)32)27-22-20-25(21-23-27)29-16-9-17-31-30-15-6-7-19-33(30)40-34(29)31/h1-23H. The van der Waals surface area contributed by atoms with Crippen LogP contribution in [0.15, 0.2) is 140 Å². The highest BCUT2D eigenvalue weighted by Gasteiger charge is 2.19. The Labute approximate surface area is 235 Å². The van der Waals surface area contributed by atoms with Gasteiger partial charge in [-0.1, -0.05) is 127 Å². The van der Waals surface area contributed by atoms with Gasteiger partial charge in [0.05, 0.1) is 5.69 Å². The van der Waals surface area contributed by atoms with E-state index in [1.807, 2.05) is 29.5 Å². The smallest absolute Gasteiger partial charge is 0.168 e. The minimum absolute atomic E-state index is 0.821. The van der Waals surface area contributed by atoms with E-state index in [-0.39, 0.29) is 0 Å². The third kappa shape index (κ3) is 3.65. The number of benzene rings is 6. The number of hydrogen-bond acceptors (Lipinski definition) is 3. The maximum absolute atomic E-state index is 4.74. The summed E-state index contributed by atoms with van der Waals surface area (Å²) >= 11 is 1.86. The molecule has 4 heteroatoms. The Morgan fingerprint density at radius 3 is 1.88 bits per heavy atom. The third-order valence-electron chi connectivity index (χ3n) is 7.56. The number of hydrogen-bond donors (Lipinski definition) is 0. The molecule has 0 saturated heterocycles. The molecule has 0 spiro atoms. The molecule has 6 aromatic carbocycles. The zero-order valence-corrected chi connectivity index (χ0v) is 22.3. The van der Waals surface area contributed by atoms with E-state index in [2.05, 4.69) is 126 Å². The van der Waals surface area contributed by atoms with Crippen molar-refractivity contribution in [2.24, 2.45) is 0 Å². The van der Waals surface area contributed by atoms with Crippen LogP contribution < -0.4 is 0 Å². The topological polar surface area (TPSA) is 30.7 Å². The van der Waals surface area contributed by atoms with Gasteiger partial charge in [-0.05, 0) is 28.6 Å². The van der Waals surface area contributed by atoms with Crippen molar-refractivity contribution >= 4 is 42.3 Å². The average molecular weight is 530 g/mol. The summed E-state index contributed by atoms with van der Waals surface area (Å²) in [7, 11) is 0. The van der Waals surface area contributed by atoms with Gasteiger partial charge in [0.25, 0.3) is 0 Å². The molecule has 0 unspecified atom stereocenters. The van der Waals surface area contributed by atoms with Crippen LogP contribution in [0.4, 0.5) is 0 Å². The van der Waals surface area contributed by atoms with Crippen LogP contribution >= 0.6 is 11.3 Å². The molecule has 0 aliphatic heterocycles. The fourth-order valence-corrected chi connectivity index (χ4v) is 6.89. The van der Waals surface area contributed by atoms with Crippen molar-refractivity contribution in [1.29, 1.82) is 0 Å². The molecule has 188 valence electrons. The van der Waals surface area contributed by atoms with Gasteiger partial charge in [-0.15, -0.1) is 21.5 Å². The number of aromatic nitrogens is 3. The number of thiophene rings is 1. The first-order chi connectivity index (χ1) is 19.8. The predicted octanol–water partition coefficient (Wildman–Crippen LogP) is 9.79. The lowest BCUT2D eigenvalue weighted by Crippen LogP contribution is -2.01. The van der Waals surface area contributed by atoms with Crippen molar-refractivity contribution in [3.8, 4) is 39.6 Å². The maximum atomic E-state index is 4.74. The summed E-state index contributed by atoms with van der Waals surface area (Å²) in [5, 5.41) is 14.4. The monoisotopic (exact) mass is 529 g/mol. The summed E-state index contributed by atoms with van der Waals surface area (Å²) in [5.41, 5.74) is 5.57. The van der Waals surface area contributed by atoms with E-state index in [0.717, 1.165) is 33.8 Å². The van der Waals surface area contributed by atoms with Crippen molar-refractivity contribution in [3.05, 3.63) is 140 Å². The Morgan fingerprint density at radius 2 is 1.05 bits per heavy atom. The molecule has 0 aliphatic rings. The summed E-state index contributed by atoms with van der Waals surface area (Å²) in [5.74, 6) is 1.65. The number of rotatable bonds is 4. The van der Waals surface area contributed by atoms with Crippen LogP contribution in [0.3, 0.4) is 0 Å². The van der Waals surface area contributed by atoms with Gasteiger partial charge in [0.15, 0.2) is 11.6 Å². The zero-order valence-electron chi connectivity index (χ0n) is 21.5. The Kier molecular flexibility index (Phi) is 5.32. The molecule has 2 heterocycles. The highest BCUT2D eigenvalue weighted by atomic mass is 32.1. The molecule has 0 radical (unpaired) electrons. The molecule has 0 N–H and O–H groups in total. The van der Waals surface area contributed by atoms with Crippen molar-refractivity contribution in [1.82, 2.24) is 14.8 Å². The Hall–Kier alpha value is -5.06. The Bertz CT molecular complexity index is 2150.